The average molecular weight is 234 g/mol. The first-order chi connectivity index (χ1) is 8.25. The zero-order valence-corrected chi connectivity index (χ0v) is 9.55. The summed E-state index contributed by atoms with van der Waals surface area (Å²) in [4.78, 5) is 10.5. The van der Waals surface area contributed by atoms with Crippen LogP contribution in [-0.4, -0.2) is 46.5 Å². The average Bonchev–Trinajstić information content (AvgIpc) is 2.97. The molecule has 2 aromatic heterocycles. The van der Waals surface area contributed by atoms with E-state index < -0.39 is 0 Å². The van der Waals surface area contributed by atoms with Gasteiger partial charge in [0.2, 0.25) is 5.95 Å². The number of aromatic amines is 1. The van der Waals surface area contributed by atoms with Crippen molar-refractivity contribution in [3.63, 3.8) is 0 Å². The van der Waals surface area contributed by atoms with Gasteiger partial charge in [0.05, 0.1) is 24.2 Å². The maximum absolute atomic E-state index is 5.69. The lowest BCUT2D eigenvalue weighted by atomic mass is 10.2. The van der Waals surface area contributed by atoms with Crippen molar-refractivity contribution in [3.8, 4) is 0 Å². The van der Waals surface area contributed by atoms with E-state index in [-0.39, 0.29) is 5.95 Å². The number of nitrogen functional groups attached to an aromatic ring is 1. The van der Waals surface area contributed by atoms with Crippen LogP contribution in [-0.2, 0) is 4.74 Å². The number of likely N-dealkylation sites (N-methyl/N-ethyl adjacent to an activating group) is 1. The van der Waals surface area contributed by atoms with Crippen molar-refractivity contribution in [2.75, 3.05) is 30.9 Å². The molecule has 7 heteroatoms. The van der Waals surface area contributed by atoms with Crippen LogP contribution < -0.4 is 10.6 Å². The first-order valence-corrected chi connectivity index (χ1v) is 5.53. The first-order valence-electron chi connectivity index (χ1n) is 5.53. The van der Waals surface area contributed by atoms with Crippen molar-refractivity contribution in [1.82, 2.24) is 20.2 Å². The summed E-state index contributed by atoms with van der Waals surface area (Å²) in [5.41, 5.74) is 6.36. The van der Waals surface area contributed by atoms with Crippen LogP contribution >= 0.6 is 0 Å². The number of H-pyrrole nitrogens is 1. The Bertz CT molecular complexity index is 533. The number of rotatable bonds is 2. The normalized spacial score (nSPS) is 19.9. The highest BCUT2D eigenvalue weighted by molar-refractivity contribution is 5.87. The third-order valence-corrected chi connectivity index (χ3v) is 3.09. The maximum Gasteiger partial charge on any atom is 0.224 e. The Labute approximate surface area is 98.0 Å². The minimum absolute atomic E-state index is 0.252. The van der Waals surface area contributed by atoms with E-state index in [1.54, 1.807) is 6.20 Å². The fraction of sp³-hybridized carbons (Fsp3) is 0.500. The molecule has 0 radical (unpaired) electrons. The van der Waals surface area contributed by atoms with Gasteiger partial charge in [-0.3, -0.25) is 5.10 Å². The highest BCUT2D eigenvalue weighted by Crippen LogP contribution is 2.25. The number of nitrogens with two attached hydrogens (primary N) is 1. The number of hydrogen-bond acceptors (Lipinski definition) is 6. The van der Waals surface area contributed by atoms with Gasteiger partial charge in [0.15, 0.2) is 5.65 Å². The molecule has 0 spiro atoms. The molecule has 1 fully saturated rings. The quantitative estimate of drug-likeness (QED) is 0.769. The lowest BCUT2D eigenvalue weighted by molar-refractivity contribution is 0.193. The molecule has 7 nitrogen and oxygen atoms in total. The molecule has 2 aromatic rings. The van der Waals surface area contributed by atoms with Gasteiger partial charge in [-0.25, -0.2) is 0 Å². The number of aromatic nitrogens is 4. The predicted octanol–water partition coefficient (Wildman–Crippen LogP) is 0.160. The third-order valence-electron chi connectivity index (χ3n) is 3.09. The molecule has 0 bridgehead atoms. The summed E-state index contributed by atoms with van der Waals surface area (Å²) in [5.74, 6) is 1.05. The van der Waals surface area contributed by atoms with E-state index in [9.17, 15) is 0 Å². The third kappa shape index (κ3) is 1.68. The summed E-state index contributed by atoms with van der Waals surface area (Å²) < 4.78 is 5.38. The monoisotopic (exact) mass is 234 g/mol. The van der Waals surface area contributed by atoms with Crippen molar-refractivity contribution >= 4 is 22.8 Å². The number of nitrogens with one attached hydrogen (secondary N) is 1. The molecular formula is C10H14N6O. The van der Waals surface area contributed by atoms with Crippen molar-refractivity contribution in [3.05, 3.63) is 6.20 Å². The Morgan fingerprint density at radius 2 is 2.41 bits per heavy atom. The minimum Gasteiger partial charge on any atom is -0.379 e. The highest BCUT2D eigenvalue weighted by atomic mass is 16.5. The van der Waals surface area contributed by atoms with Gasteiger partial charge in [-0.15, -0.1) is 0 Å². The Morgan fingerprint density at radius 1 is 1.53 bits per heavy atom. The number of fused-ring (bicyclic) bond motifs is 1. The number of anilines is 2. The molecule has 3 rings (SSSR count). The predicted molar refractivity (Wildman–Crippen MR) is 63.7 cm³/mol. The number of ether oxygens (including phenoxy) is 1. The molecule has 0 saturated carbocycles. The Morgan fingerprint density at radius 3 is 3.18 bits per heavy atom. The summed E-state index contributed by atoms with van der Waals surface area (Å²) in [6.45, 7) is 1.52. The molecule has 3 heterocycles. The van der Waals surface area contributed by atoms with Gasteiger partial charge >= 0.3 is 0 Å². The van der Waals surface area contributed by atoms with Crippen molar-refractivity contribution < 1.29 is 4.74 Å². The Balaban J connectivity index is 2.05. The van der Waals surface area contributed by atoms with E-state index in [1.807, 2.05) is 7.05 Å². The smallest absolute Gasteiger partial charge is 0.224 e. The Hall–Kier alpha value is -1.89. The molecule has 17 heavy (non-hydrogen) atoms. The summed E-state index contributed by atoms with van der Waals surface area (Å²) >= 11 is 0. The zero-order valence-electron chi connectivity index (χ0n) is 9.55. The molecule has 1 saturated heterocycles. The second-order valence-electron chi connectivity index (χ2n) is 4.17. The van der Waals surface area contributed by atoms with Crippen molar-refractivity contribution in [2.45, 2.75) is 12.5 Å². The van der Waals surface area contributed by atoms with Crippen LogP contribution in [0, 0.1) is 0 Å². The standard InChI is InChI=1S/C10H14N6O/c1-16(6-2-3-17-5-6)9-7-4-12-15-8(7)13-10(11)14-9/h4,6H,2-3,5H2,1H3,(H3,11,12,13,14,15). The van der Waals surface area contributed by atoms with Crippen LogP contribution in [0.5, 0.6) is 0 Å². The second-order valence-corrected chi connectivity index (χ2v) is 4.17. The molecule has 0 aliphatic carbocycles. The molecule has 1 atom stereocenters. The van der Waals surface area contributed by atoms with Crippen molar-refractivity contribution in [2.24, 2.45) is 0 Å². The highest BCUT2D eigenvalue weighted by Gasteiger charge is 2.23. The van der Waals surface area contributed by atoms with Gasteiger partial charge in [-0.2, -0.15) is 15.1 Å². The molecular weight excluding hydrogens is 220 g/mol. The van der Waals surface area contributed by atoms with E-state index in [2.05, 4.69) is 25.1 Å². The topological polar surface area (TPSA) is 93.0 Å². The van der Waals surface area contributed by atoms with Gasteiger partial charge in [-0.05, 0) is 6.42 Å². The van der Waals surface area contributed by atoms with Crippen LogP contribution in [0.3, 0.4) is 0 Å². The summed E-state index contributed by atoms with van der Waals surface area (Å²) in [6, 6.07) is 0.336. The van der Waals surface area contributed by atoms with Crippen LogP contribution in [0.25, 0.3) is 11.0 Å². The van der Waals surface area contributed by atoms with Crippen LogP contribution in [0.4, 0.5) is 11.8 Å². The fourth-order valence-corrected chi connectivity index (χ4v) is 2.11. The van der Waals surface area contributed by atoms with Crippen LogP contribution in [0.1, 0.15) is 6.42 Å². The van der Waals surface area contributed by atoms with Gasteiger partial charge in [0.25, 0.3) is 0 Å². The van der Waals surface area contributed by atoms with E-state index in [4.69, 9.17) is 10.5 Å². The van der Waals surface area contributed by atoms with Gasteiger partial charge in [0, 0.05) is 13.7 Å². The van der Waals surface area contributed by atoms with Crippen molar-refractivity contribution in [1.29, 1.82) is 0 Å². The first kappa shape index (κ1) is 10.3. The molecule has 1 unspecified atom stereocenters. The largest absolute Gasteiger partial charge is 0.379 e. The summed E-state index contributed by atoms with van der Waals surface area (Å²) in [6.07, 6.45) is 2.72. The summed E-state index contributed by atoms with van der Waals surface area (Å²) in [5, 5.41) is 7.66. The zero-order chi connectivity index (χ0) is 11.8. The fourth-order valence-electron chi connectivity index (χ4n) is 2.11. The molecule has 0 amide bonds. The van der Waals surface area contributed by atoms with Gasteiger partial charge < -0.3 is 15.4 Å². The maximum atomic E-state index is 5.69. The van der Waals surface area contributed by atoms with Crippen LogP contribution in [0.2, 0.25) is 0 Å². The SMILES string of the molecule is CN(c1nc(N)nc2[nH]ncc12)C1CCOC1. The van der Waals surface area contributed by atoms with E-state index in [0.717, 1.165) is 30.8 Å². The second kappa shape index (κ2) is 3.85. The number of hydrogen-bond donors (Lipinski definition) is 2. The van der Waals surface area contributed by atoms with Gasteiger partial charge in [0.1, 0.15) is 5.82 Å². The summed E-state index contributed by atoms with van der Waals surface area (Å²) in [7, 11) is 1.99. The Kier molecular flexibility index (Phi) is 2.32. The molecule has 0 aromatic carbocycles. The lowest BCUT2D eigenvalue weighted by Crippen LogP contribution is -2.32. The van der Waals surface area contributed by atoms with Crippen LogP contribution in [0.15, 0.2) is 6.20 Å². The molecule has 1 aliphatic heterocycles. The van der Waals surface area contributed by atoms with Gasteiger partial charge in [-0.1, -0.05) is 0 Å². The number of nitrogens with zero attached hydrogens (tertiary/aromatic N) is 4. The van der Waals surface area contributed by atoms with E-state index in [0.29, 0.717) is 11.7 Å². The molecule has 3 N–H and O–H groups in total. The molecule has 1 aliphatic rings. The van der Waals surface area contributed by atoms with E-state index >= 15 is 0 Å². The molecule has 90 valence electrons. The van der Waals surface area contributed by atoms with E-state index in [1.165, 1.54) is 0 Å². The lowest BCUT2D eigenvalue weighted by Gasteiger charge is -2.24. The minimum atomic E-state index is 0.252.